The van der Waals surface area contributed by atoms with E-state index in [0.717, 1.165) is 24.3 Å². The number of rotatable bonds is 1. The predicted octanol–water partition coefficient (Wildman–Crippen LogP) is 1.55. The van der Waals surface area contributed by atoms with Crippen LogP contribution in [0.25, 0.3) is 0 Å². The van der Waals surface area contributed by atoms with E-state index in [1.807, 2.05) is 24.3 Å². The fourth-order valence-electron chi connectivity index (χ4n) is 2.50. The van der Waals surface area contributed by atoms with Gasteiger partial charge in [0.15, 0.2) is 0 Å². The highest BCUT2D eigenvalue weighted by molar-refractivity contribution is 6.06. The molecular formula is C16H16FN2O+. The van der Waals surface area contributed by atoms with Crippen LogP contribution >= 0.6 is 0 Å². The molecule has 4 heteroatoms. The van der Waals surface area contributed by atoms with Gasteiger partial charge in [-0.15, -0.1) is 0 Å². The highest BCUT2D eigenvalue weighted by Crippen LogP contribution is 2.22. The van der Waals surface area contributed by atoms with Gasteiger partial charge < -0.3 is 10.2 Å². The summed E-state index contributed by atoms with van der Waals surface area (Å²) in [6.45, 7) is 2.40. The largest absolute Gasteiger partial charge is 0.341 e. The Hall–Kier alpha value is -2.20. The average Bonchev–Trinajstić information content (AvgIpc) is 2.69. The zero-order chi connectivity index (χ0) is 13.9. The number of amides is 1. The monoisotopic (exact) mass is 271 g/mol. The van der Waals surface area contributed by atoms with Gasteiger partial charge in [0.2, 0.25) is 0 Å². The van der Waals surface area contributed by atoms with Gasteiger partial charge in [-0.3, -0.25) is 4.79 Å². The van der Waals surface area contributed by atoms with E-state index in [9.17, 15) is 9.18 Å². The number of carbonyl (C=O) groups excluding carboxylic acids is 1. The van der Waals surface area contributed by atoms with E-state index < -0.39 is 0 Å². The van der Waals surface area contributed by atoms with Gasteiger partial charge in [-0.25, -0.2) is 4.39 Å². The summed E-state index contributed by atoms with van der Waals surface area (Å²) in [5.41, 5.74) is 2.62. The van der Waals surface area contributed by atoms with Crippen molar-refractivity contribution in [3.63, 3.8) is 0 Å². The molecule has 0 spiro atoms. The van der Waals surface area contributed by atoms with Crippen LogP contribution in [-0.2, 0) is 6.54 Å². The number of halogens is 1. The first kappa shape index (κ1) is 12.8. The Labute approximate surface area is 117 Å². The minimum atomic E-state index is -0.328. The summed E-state index contributed by atoms with van der Waals surface area (Å²) in [5, 5.41) is 2.19. The number of anilines is 1. The standard InChI is InChI=1S/C16H15FN2O/c17-14-7-5-12(6-8-14)16(20)19-10-9-18-11-13-3-1-2-4-15(13)19/h1-8,18H,9-11H2/p+1. The molecule has 0 atom stereocenters. The summed E-state index contributed by atoms with van der Waals surface area (Å²) in [7, 11) is 0. The molecule has 2 N–H and O–H groups in total. The molecular weight excluding hydrogens is 255 g/mol. The summed E-state index contributed by atoms with van der Waals surface area (Å²) >= 11 is 0. The summed E-state index contributed by atoms with van der Waals surface area (Å²) in [5.74, 6) is -0.404. The summed E-state index contributed by atoms with van der Waals surface area (Å²) < 4.78 is 13.0. The van der Waals surface area contributed by atoms with Crippen molar-refractivity contribution in [1.29, 1.82) is 0 Å². The quantitative estimate of drug-likeness (QED) is 0.839. The van der Waals surface area contributed by atoms with Gasteiger partial charge in [-0.05, 0) is 30.3 Å². The molecule has 1 heterocycles. The molecule has 102 valence electrons. The lowest BCUT2D eigenvalue weighted by atomic mass is 10.1. The van der Waals surface area contributed by atoms with Crippen molar-refractivity contribution in [3.05, 3.63) is 65.5 Å². The van der Waals surface area contributed by atoms with Gasteiger partial charge in [0.25, 0.3) is 5.91 Å². The predicted molar refractivity (Wildman–Crippen MR) is 75.0 cm³/mol. The van der Waals surface area contributed by atoms with Crippen LogP contribution in [0.3, 0.4) is 0 Å². The van der Waals surface area contributed by atoms with Crippen molar-refractivity contribution >= 4 is 11.6 Å². The maximum Gasteiger partial charge on any atom is 0.258 e. The number of quaternary nitrogens is 1. The first-order valence-electron chi connectivity index (χ1n) is 6.73. The van der Waals surface area contributed by atoms with Crippen molar-refractivity contribution in [2.24, 2.45) is 0 Å². The van der Waals surface area contributed by atoms with E-state index in [0.29, 0.717) is 12.1 Å². The third kappa shape index (κ3) is 2.42. The molecule has 3 rings (SSSR count). The van der Waals surface area contributed by atoms with Crippen molar-refractivity contribution in [1.82, 2.24) is 0 Å². The number of hydrogen-bond acceptors (Lipinski definition) is 1. The molecule has 1 aliphatic rings. The smallest absolute Gasteiger partial charge is 0.258 e. The molecule has 20 heavy (non-hydrogen) atoms. The fraction of sp³-hybridized carbons (Fsp3) is 0.188. The Morgan fingerprint density at radius 3 is 2.65 bits per heavy atom. The lowest BCUT2D eigenvalue weighted by molar-refractivity contribution is -0.667. The van der Waals surface area contributed by atoms with Crippen molar-refractivity contribution in [2.45, 2.75) is 6.54 Å². The number of carbonyl (C=O) groups is 1. The second kappa shape index (κ2) is 5.43. The van der Waals surface area contributed by atoms with Crippen LogP contribution in [0.5, 0.6) is 0 Å². The number of para-hydroxylation sites is 1. The third-order valence-corrected chi connectivity index (χ3v) is 3.54. The first-order valence-corrected chi connectivity index (χ1v) is 6.73. The Morgan fingerprint density at radius 1 is 1.10 bits per heavy atom. The van der Waals surface area contributed by atoms with Gasteiger partial charge in [0.05, 0.1) is 18.8 Å². The maximum atomic E-state index is 13.0. The SMILES string of the molecule is O=C(c1ccc(F)cc1)N1CC[NH2+]Cc2ccccc21. The highest BCUT2D eigenvalue weighted by Gasteiger charge is 2.23. The Balaban J connectivity index is 1.97. The van der Waals surface area contributed by atoms with E-state index in [1.165, 1.54) is 24.3 Å². The molecule has 2 aromatic rings. The van der Waals surface area contributed by atoms with Gasteiger partial charge in [0, 0.05) is 11.1 Å². The number of nitrogens with zero attached hydrogens (tertiary/aromatic N) is 1. The lowest BCUT2D eigenvalue weighted by Gasteiger charge is -2.21. The van der Waals surface area contributed by atoms with Crippen LogP contribution in [0, 0.1) is 5.82 Å². The Kier molecular flexibility index (Phi) is 3.48. The molecule has 0 saturated heterocycles. The average molecular weight is 271 g/mol. The van der Waals surface area contributed by atoms with Gasteiger partial charge in [0.1, 0.15) is 12.4 Å². The van der Waals surface area contributed by atoms with Crippen LogP contribution in [0.15, 0.2) is 48.5 Å². The normalized spacial score (nSPS) is 14.6. The first-order chi connectivity index (χ1) is 9.75. The van der Waals surface area contributed by atoms with Crippen LogP contribution in [-0.4, -0.2) is 19.0 Å². The molecule has 2 aromatic carbocycles. The highest BCUT2D eigenvalue weighted by atomic mass is 19.1. The fourth-order valence-corrected chi connectivity index (χ4v) is 2.50. The second-order valence-corrected chi connectivity index (χ2v) is 4.87. The maximum absolute atomic E-state index is 13.0. The van der Waals surface area contributed by atoms with Gasteiger partial charge in [-0.1, -0.05) is 18.2 Å². The minimum absolute atomic E-state index is 0.0762. The van der Waals surface area contributed by atoms with E-state index in [-0.39, 0.29) is 11.7 Å². The van der Waals surface area contributed by atoms with Gasteiger partial charge in [-0.2, -0.15) is 0 Å². The molecule has 0 bridgehead atoms. The van der Waals surface area contributed by atoms with E-state index in [4.69, 9.17) is 0 Å². The Morgan fingerprint density at radius 2 is 1.85 bits per heavy atom. The van der Waals surface area contributed by atoms with Crippen molar-refractivity contribution < 1.29 is 14.5 Å². The van der Waals surface area contributed by atoms with Crippen LogP contribution in [0.2, 0.25) is 0 Å². The van der Waals surface area contributed by atoms with E-state index in [1.54, 1.807) is 4.90 Å². The molecule has 0 radical (unpaired) electrons. The van der Waals surface area contributed by atoms with Crippen molar-refractivity contribution in [2.75, 3.05) is 18.0 Å². The lowest BCUT2D eigenvalue weighted by Crippen LogP contribution is -2.83. The zero-order valence-electron chi connectivity index (χ0n) is 11.1. The van der Waals surface area contributed by atoms with Crippen LogP contribution < -0.4 is 10.2 Å². The van der Waals surface area contributed by atoms with E-state index in [2.05, 4.69) is 5.32 Å². The van der Waals surface area contributed by atoms with Crippen LogP contribution in [0.1, 0.15) is 15.9 Å². The topological polar surface area (TPSA) is 36.9 Å². The number of hydrogen-bond donors (Lipinski definition) is 1. The van der Waals surface area contributed by atoms with Gasteiger partial charge >= 0.3 is 0 Å². The molecule has 1 amide bonds. The molecule has 3 nitrogen and oxygen atoms in total. The second-order valence-electron chi connectivity index (χ2n) is 4.87. The molecule has 0 unspecified atom stereocenters. The third-order valence-electron chi connectivity index (χ3n) is 3.54. The van der Waals surface area contributed by atoms with Crippen molar-refractivity contribution in [3.8, 4) is 0 Å². The molecule has 0 saturated carbocycles. The van der Waals surface area contributed by atoms with Crippen LogP contribution in [0.4, 0.5) is 10.1 Å². The molecule has 0 aromatic heterocycles. The Bertz CT molecular complexity index is 625. The number of nitrogens with two attached hydrogens (primary N) is 1. The molecule has 0 aliphatic carbocycles. The minimum Gasteiger partial charge on any atom is -0.341 e. The summed E-state index contributed by atoms with van der Waals surface area (Å²) in [4.78, 5) is 14.4. The van der Waals surface area contributed by atoms with E-state index >= 15 is 0 Å². The zero-order valence-corrected chi connectivity index (χ0v) is 11.1. The number of fused-ring (bicyclic) bond motifs is 1. The molecule has 0 fully saturated rings. The summed E-state index contributed by atoms with van der Waals surface area (Å²) in [6, 6.07) is 13.7. The summed E-state index contributed by atoms with van der Waals surface area (Å²) in [6.07, 6.45) is 0. The number of benzene rings is 2. The molecule has 1 aliphatic heterocycles.